The third-order valence-electron chi connectivity index (χ3n) is 6.84. The Balaban J connectivity index is 1.53. The molecule has 7 heteroatoms. The van der Waals surface area contributed by atoms with Crippen LogP contribution in [-0.4, -0.2) is 42.3 Å². The van der Waals surface area contributed by atoms with E-state index in [-0.39, 0.29) is 18.3 Å². The molecule has 2 N–H and O–H groups in total. The van der Waals surface area contributed by atoms with Crippen molar-refractivity contribution in [1.82, 2.24) is 4.98 Å². The third kappa shape index (κ3) is 3.72. The molecule has 0 radical (unpaired) electrons. The second kappa shape index (κ2) is 7.71. The maximum absolute atomic E-state index is 11.8. The van der Waals surface area contributed by atoms with E-state index in [1.807, 2.05) is 6.07 Å². The van der Waals surface area contributed by atoms with Crippen LogP contribution in [0, 0.1) is 0 Å². The van der Waals surface area contributed by atoms with Crippen molar-refractivity contribution in [1.29, 1.82) is 0 Å². The Morgan fingerprint density at radius 3 is 2.37 bits per heavy atom. The van der Waals surface area contributed by atoms with Gasteiger partial charge in [0.2, 0.25) is 0 Å². The van der Waals surface area contributed by atoms with Crippen LogP contribution in [0.1, 0.15) is 62.4 Å². The summed E-state index contributed by atoms with van der Waals surface area (Å²) in [5.74, 6) is -0.0262. The topological polar surface area (TPSA) is 77.7 Å². The van der Waals surface area contributed by atoms with Crippen molar-refractivity contribution in [3.05, 3.63) is 53.9 Å². The van der Waals surface area contributed by atoms with E-state index in [0.717, 1.165) is 37.1 Å². The number of aromatic nitrogens is 1. The van der Waals surface area contributed by atoms with Gasteiger partial charge in [0, 0.05) is 25.5 Å². The average Bonchev–Trinajstić information content (AvgIpc) is 2.95. The van der Waals surface area contributed by atoms with Gasteiger partial charge in [-0.2, -0.15) is 0 Å². The van der Waals surface area contributed by atoms with Crippen LogP contribution < -0.4 is 16.1 Å². The second-order valence-corrected chi connectivity index (χ2v) is 9.24. The number of nitrogens with two attached hydrogens (primary N) is 1. The maximum atomic E-state index is 11.8. The van der Waals surface area contributed by atoms with Gasteiger partial charge < -0.3 is 19.9 Å². The summed E-state index contributed by atoms with van der Waals surface area (Å²) in [6, 6.07) is 10.3. The van der Waals surface area contributed by atoms with E-state index in [9.17, 15) is 4.79 Å². The minimum absolute atomic E-state index is 0.356. The fourth-order valence-corrected chi connectivity index (χ4v) is 4.35. The normalized spacial score (nSPS) is 21.1. The first-order valence-electron chi connectivity index (χ1n) is 10.6. The lowest BCUT2D eigenvalue weighted by Crippen LogP contribution is -2.41. The molecule has 0 saturated carbocycles. The van der Waals surface area contributed by atoms with Crippen LogP contribution in [0.15, 0.2) is 42.7 Å². The Morgan fingerprint density at radius 1 is 1.10 bits per heavy atom. The molecule has 2 aliphatic heterocycles. The minimum atomic E-state index is -0.439. The lowest BCUT2D eigenvalue weighted by atomic mass is 9.71. The lowest BCUT2D eigenvalue weighted by Gasteiger charge is -2.35. The molecule has 1 amide bonds. The van der Waals surface area contributed by atoms with Crippen molar-refractivity contribution in [3.63, 3.8) is 0 Å². The summed E-state index contributed by atoms with van der Waals surface area (Å²) in [6.07, 6.45) is 5.23. The highest BCUT2D eigenvalue weighted by atomic mass is 16.7. The number of amides is 1. The standard InChI is InChI=1S/C23H30BN3O3/c1-22(2)23(3,4)30-24(29-22)19-8-6-5-7-17(19)16-10-13-27(14-11-16)20-9-12-26-15-18(20)21(25)28/h5-9,12,15-16H,10-11,13-14H2,1-4H3,(H2,25,28). The molecule has 0 atom stereocenters. The molecule has 2 aliphatic rings. The summed E-state index contributed by atoms with van der Waals surface area (Å²) < 4.78 is 12.6. The molecule has 1 aromatic carbocycles. The highest BCUT2D eigenvalue weighted by Gasteiger charge is 2.52. The number of hydrogen-bond acceptors (Lipinski definition) is 5. The molecular formula is C23H30BN3O3. The van der Waals surface area contributed by atoms with Crippen LogP contribution >= 0.6 is 0 Å². The number of benzene rings is 1. The summed E-state index contributed by atoms with van der Waals surface area (Å²) in [5, 5.41) is 0. The molecule has 0 bridgehead atoms. The van der Waals surface area contributed by atoms with E-state index in [4.69, 9.17) is 15.0 Å². The number of pyridine rings is 1. The number of anilines is 1. The minimum Gasteiger partial charge on any atom is -0.399 e. The fraction of sp³-hybridized carbons (Fsp3) is 0.478. The maximum Gasteiger partial charge on any atom is 0.495 e. The zero-order chi connectivity index (χ0) is 21.5. The van der Waals surface area contributed by atoms with Gasteiger partial charge in [-0.1, -0.05) is 24.3 Å². The quantitative estimate of drug-likeness (QED) is 0.789. The predicted octanol–water partition coefficient (Wildman–Crippen LogP) is 2.86. The van der Waals surface area contributed by atoms with Gasteiger partial charge in [0.25, 0.3) is 5.91 Å². The molecule has 2 saturated heterocycles. The summed E-state index contributed by atoms with van der Waals surface area (Å²) in [7, 11) is -0.356. The number of primary amides is 1. The lowest BCUT2D eigenvalue weighted by molar-refractivity contribution is 0.00578. The number of hydrogen-bond donors (Lipinski definition) is 1. The molecule has 2 fully saturated rings. The summed E-state index contributed by atoms with van der Waals surface area (Å²) >= 11 is 0. The number of nitrogens with zero attached hydrogens (tertiary/aromatic N) is 2. The van der Waals surface area contributed by atoms with Crippen molar-refractivity contribution in [3.8, 4) is 0 Å². The highest BCUT2D eigenvalue weighted by Crippen LogP contribution is 2.38. The van der Waals surface area contributed by atoms with Crippen molar-refractivity contribution in [2.75, 3.05) is 18.0 Å². The van der Waals surface area contributed by atoms with Gasteiger partial charge in [0.15, 0.2) is 0 Å². The SMILES string of the molecule is CC1(C)OB(c2ccccc2C2CCN(c3ccncc3C(N)=O)CC2)OC1(C)C. The predicted molar refractivity (Wildman–Crippen MR) is 119 cm³/mol. The number of carbonyl (C=O) groups excluding carboxylic acids is 1. The highest BCUT2D eigenvalue weighted by molar-refractivity contribution is 6.62. The van der Waals surface area contributed by atoms with Crippen molar-refractivity contribution >= 4 is 24.2 Å². The number of rotatable bonds is 4. The number of carbonyl (C=O) groups is 1. The molecule has 3 heterocycles. The van der Waals surface area contributed by atoms with Crippen molar-refractivity contribution in [2.24, 2.45) is 5.73 Å². The zero-order valence-electron chi connectivity index (χ0n) is 18.2. The second-order valence-electron chi connectivity index (χ2n) is 9.24. The Hall–Kier alpha value is -2.38. The Kier molecular flexibility index (Phi) is 5.36. The smallest absolute Gasteiger partial charge is 0.399 e. The molecule has 4 rings (SSSR count). The van der Waals surface area contributed by atoms with Gasteiger partial charge in [-0.3, -0.25) is 9.78 Å². The van der Waals surface area contributed by atoms with Gasteiger partial charge in [-0.25, -0.2) is 0 Å². The summed E-state index contributed by atoms with van der Waals surface area (Å²) in [4.78, 5) is 18.1. The van der Waals surface area contributed by atoms with Crippen LogP contribution in [0.3, 0.4) is 0 Å². The molecule has 0 spiro atoms. The first-order chi connectivity index (χ1) is 14.2. The van der Waals surface area contributed by atoms with Gasteiger partial charge >= 0.3 is 7.12 Å². The Morgan fingerprint density at radius 2 is 1.73 bits per heavy atom. The molecule has 30 heavy (non-hydrogen) atoms. The van der Waals surface area contributed by atoms with Gasteiger partial charge in [-0.05, 0) is 63.5 Å². The third-order valence-corrected chi connectivity index (χ3v) is 6.84. The van der Waals surface area contributed by atoms with E-state index < -0.39 is 5.91 Å². The van der Waals surface area contributed by atoms with Gasteiger partial charge in [0.1, 0.15) is 0 Å². The van der Waals surface area contributed by atoms with Crippen molar-refractivity contribution < 1.29 is 14.1 Å². The average molecular weight is 407 g/mol. The van der Waals surface area contributed by atoms with Gasteiger partial charge in [0.05, 0.1) is 22.5 Å². The molecular weight excluding hydrogens is 377 g/mol. The monoisotopic (exact) mass is 407 g/mol. The van der Waals surface area contributed by atoms with E-state index in [0.29, 0.717) is 11.5 Å². The van der Waals surface area contributed by atoms with Crippen LogP contribution in [0.2, 0.25) is 0 Å². The Labute approximate surface area is 178 Å². The number of piperidine rings is 1. The zero-order valence-corrected chi connectivity index (χ0v) is 18.2. The van der Waals surface area contributed by atoms with Gasteiger partial charge in [-0.15, -0.1) is 0 Å². The molecule has 1 aromatic heterocycles. The Bertz CT molecular complexity index is 923. The van der Waals surface area contributed by atoms with Crippen molar-refractivity contribution in [2.45, 2.75) is 57.7 Å². The molecule has 0 unspecified atom stereocenters. The largest absolute Gasteiger partial charge is 0.495 e. The van der Waals surface area contributed by atoms with E-state index in [2.05, 4.69) is 61.8 Å². The summed E-state index contributed by atoms with van der Waals surface area (Å²) in [6.45, 7) is 10.0. The molecule has 2 aromatic rings. The van der Waals surface area contributed by atoms with Crippen LogP contribution in [-0.2, 0) is 9.31 Å². The van der Waals surface area contributed by atoms with E-state index in [1.165, 1.54) is 5.56 Å². The fourth-order valence-electron chi connectivity index (χ4n) is 4.35. The first kappa shape index (κ1) is 20.9. The van der Waals surface area contributed by atoms with Crippen LogP contribution in [0.25, 0.3) is 0 Å². The molecule has 6 nitrogen and oxygen atoms in total. The van der Waals surface area contributed by atoms with Crippen LogP contribution in [0.4, 0.5) is 5.69 Å². The molecule has 158 valence electrons. The molecule has 0 aliphatic carbocycles. The summed E-state index contributed by atoms with van der Waals surface area (Å²) in [5.41, 5.74) is 8.58. The van der Waals surface area contributed by atoms with Crippen LogP contribution in [0.5, 0.6) is 0 Å². The van der Waals surface area contributed by atoms with E-state index >= 15 is 0 Å². The van der Waals surface area contributed by atoms with E-state index in [1.54, 1.807) is 12.4 Å². The first-order valence-corrected chi connectivity index (χ1v) is 10.6.